The Bertz CT molecular complexity index is 5270. The van der Waals surface area contributed by atoms with Crippen molar-refractivity contribution in [3.05, 3.63) is 249 Å². The van der Waals surface area contributed by atoms with Crippen LogP contribution >= 0.6 is 0 Å². The summed E-state index contributed by atoms with van der Waals surface area (Å²) >= 11 is 0. The maximum atomic E-state index is 15.2. The van der Waals surface area contributed by atoms with Crippen molar-refractivity contribution in [2.45, 2.75) is 123 Å². The van der Waals surface area contributed by atoms with Crippen molar-refractivity contribution < 1.29 is 74.9 Å². The maximum Gasteiger partial charge on any atom is 0.407 e. The number of carbonyl (C=O) groups is 8. The Balaban J connectivity index is 0.000000332. The number of terminal acetylenes is 1. The predicted octanol–water partition coefficient (Wildman–Crippen LogP) is 15.3. The number of alkyl carbamates (subject to hydrolysis) is 2. The number of nitrogens with zero attached hydrogens (tertiary/aromatic N) is 12. The molecule has 664 valence electrons. The quantitative estimate of drug-likeness (QED) is 0.00443. The Morgan fingerprint density at radius 1 is 0.500 bits per heavy atom. The maximum absolute atomic E-state index is 15.2. The van der Waals surface area contributed by atoms with Crippen LogP contribution in [0.2, 0.25) is 0 Å². The summed E-state index contributed by atoms with van der Waals surface area (Å²) in [7, 11) is 7.78. The van der Waals surface area contributed by atoms with Gasteiger partial charge < -0.3 is 72.1 Å². The van der Waals surface area contributed by atoms with Gasteiger partial charge in [-0.15, -0.1) is 11.5 Å². The van der Waals surface area contributed by atoms with Crippen LogP contribution in [0, 0.1) is 35.6 Å². The Morgan fingerprint density at radius 2 is 0.881 bits per heavy atom. The highest BCUT2D eigenvalue weighted by atomic mass is 19.1. The average Bonchev–Trinajstić information content (AvgIpc) is 1.49. The molecule has 1 heterocycles. The Hall–Kier alpha value is -14.4. The summed E-state index contributed by atoms with van der Waals surface area (Å²) in [6, 6.07) is 42.4. The molecular weight excluding hydrogens is 1630 g/mol. The van der Waals surface area contributed by atoms with Crippen LogP contribution in [0.15, 0.2) is 202 Å². The number of nitrogens with one attached hydrogen (secondary N) is 6. The number of amides is 6. The van der Waals surface area contributed by atoms with Gasteiger partial charge >= 0.3 is 12.2 Å². The van der Waals surface area contributed by atoms with Crippen LogP contribution in [0.25, 0.3) is 16.1 Å². The Kier molecular flexibility index (Phi) is 38.9. The van der Waals surface area contributed by atoms with Gasteiger partial charge in [0, 0.05) is 105 Å². The highest BCUT2D eigenvalue weighted by Gasteiger charge is 2.27. The number of azo groups is 2. The second-order valence-electron chi connectivity index (χ2n) is 30.6. The third-order valence-electron chi connectivity index (χ3n) is 17.9. The van der Waals surface area contributed by atoms with E-state index < -0.39 is 113 Å². The van der Waals surface area contributed by atoms with Gasteiger partial charge in [-0.1, -0.05) is 34.4 Å². The monoisotopic (exact) mass is 1730 g/mol. The van der Waals surface area contributed by atoms with Crippen molar-refractivity contribution in [2.24, 2.45) is 37.0 Å². The normalized spacial score (nSPS) is 11.5. The number of unbranched alkanes of at least 4 members (excludes halogenated alkanes) is 2. The molecule has 0 aliphatic rings. The summed E-state index contributed by atoms with van der Waals surface area (Å²) in [5.74, 6) is -6.84. The number of azide groups is 1. The summed E-state index contributed by atoms with van der Waals surface area (Å²) in [4.78, 5) is 110. The van der Waals surface area contributed by atoms with Crippen LogP contribution in [-0.4, -0.2) is 160 Å². The number of hydrogen-bond donors (Lipinski definition) is 8. The number of rotatable bonds is 39. The van der Waals surface area contributed by atoms with Gasteiger partial charge in [0.15, 0.2) is 46.3 Å². The number of nitrogens with two attached hydrogens (primary N) is 2. The smallest absolute Gasteiger partial charge is 0.407 e. The molecule has 36 heteroatoms. The first kappa shape index (κ1) is 98.7. The number of hydrogen-bond acceptors (Lipinski definition) is 23. The van der Waals surface area contributed by atoms with Gasteiger partial charge in [-0.2, -0.15) is 20.5 Å². The van der Waals surface area contributed by atoms with Crippen molar-refractivity contribution >= 4 is 87.2 Å². The van der Waals surface area contributed by atoms with E-state index in [1.807, 2.05) is 86.5 Å². The van der Waals surface area contributed by atoms with E-state index in [0.29, 0.717) is 77.5 Å². The molecule has 0 unspecified atom stereocenters. The lowest BCUT2D eigenvalue weighted by Gasteiger charge is -2.20. The van der Waals surface area contributed by atoms with E-state index in [2.05, 4.69) is 85.0 Å². The number of benzene rings is 8. The highest BCUT2D eigenvalue weighted by molar-refractivity contribution is 6.00. The van der Waals surface area contributed by atoms with Crippen molar-refractivity contribution in [3.63, 3.8) is 0 Å². The summed E-state index contributed by atoms with van der Waals surface area (Å²) < 4.78 is 83.4. The van der Waals surface area contributed by atoms with E-state index in [0.717, 1.165) is 35.6 Å². The highest BCUT2D eigenvalue weighted by Crippen LogP contribution is 2.29. The molecule has 9 rings (SSSR count). The van der Waals surface area contributed by atoms with Gasteiger partial charge in [0.2, 0.25) is 0 Å². The third-order valence-corrected chi connectivity index (χ3v) is 17.9. The van der Waals surface area contributed by atoms with Crippen molar-refractivity contribution in [3.8, 4) is 29.5 Å². The molecule has 9 aromatic rings. The zero-order valence-electron chi connectivity index (χ0n) is 71.7. The molecule has 0 aliphatic heterocycles. The first-order chi connectivity index (χ1) is 60.1. The molecule has 6 amide bonds. The van der Waals surface area contributed by atoms with Crippen molar-refractivity contribution in [2.75, 3.05) is 83.9 Å². The van der Waals surface area contributed by atoms with Crippen molar-refractivity contribution in [1.82, 2.24) is 46.9 Å². The largest absolute Gasteiger partial charge is 0.480 e. The number of ketones is 2. The third kappa shape index (κ3) is 34.1. The van der Waals surface area contributed by atoms with Gasteiger partial charge in [-0.05, 0) is 261 Å². The molecule has 0 saturated heterocycles. The van der Waals surface area contributed by atoms with Crippen LogP contribution < -0.4 is 62.6 Å². The number of carbonyl (C=O) groups excluding carboxylic acids is 8. The van der Waals surface area contributed by atoms with Crippen LogP contribution in [0.5, 0.6) is 11.5 Å². The van der Waals surface area contributed by atoms with Crippen LogP contribution in [0.3, 0.4) is 0 Å². The summed E-state index contributed by atoms with van der Waals surface area (Å²) in [6.45, 7) is 10.0. The molecular formula is C90H104F4N20O12. The minimum absolute atomic E-state index is 0.0707. The number of anilines is 2. The number of halogens is 4. The Labute approximate surface area is 727 Å². The molecule has 1 aromatic heterocycles. The van der Waals surface area contributed by atoms with Gasteiger partial charge in [0.05, 0.1) is 59.0 Å². The van der Waals surface area contributed by atoms with Crippen molar-refractivity contribution in [1.29, 1.82) is 0 Å². The Morgan fingerprint density at radius 3 is 1.24 bits per heavy atom. The fraction of sp³-hybridized carbons (Fsp3) is 0.333. The SMILES string of the molecule is C#CCN.CN(C)c1ccc(N=Nc2ccc(C(=O)NCCc3cc(F)c(OCC(=O)[C@H](CCCCNC(=O)OC(C)(C)C)NC(=O)c4cccc(-n5cc(CN)nn5)c4)c(F)c3)cc2)cc1.CN(C)c1ccc(N=Nc2ccc(C(=O)NCCc3cc(F)c(OCC(=O)[C@H](CCCCNC(=O)OC(C)(C)C)NC(=O)c4cccc(N=[N+]=[N-])c4)c(F)c3)cc2)cc1. The van der Waals surface area contributed by atoms with E-state index >= 15 is 17.6 Å². The lowest BCUT2D eigenvalue weighted by molar-refractivity contribution is -0.123. The fourth-order valence-corrected chi connectivity index (χ4v) is 11.5. The van der Waals surface area contributed by atoms with E-state index in [1.165, 1.54) is 28.9 Å². The second kappa shape index (κ2) is 49.6. The molecule has 2 atom stereocenters. The molecule has 126 heavy (non-hydrogen) atoms. The van der Waals surface area contributed by atoms with E-state index in [1.54, 1.807) is 121 Å². The molecule has 0 fully saturated rings. The first-order valence-electron chi connectivity index (χ1n) is 40.1. The first-order valence-corrected chi connectivity index (χ1v) is 40.1. The molecule has 0 radical (unpaired) electrons. The summed E-state index contributed by atoms with van der Waals surface area (Å²) in [6.07, 6.45) is 7.11. The topological polar surface area (TPSA) is 433 Å². The van der Waals surface area contributed by atoms with Crippen LogP contribution in [0.4, 0.5) is 67.0 Å². The van der Waals surface area contributed by atoms with E-state index in [9.17, 15) is 38.4 Å². The number of Topliss-reactive ketones (excluding diaryl/α,β-unsaturated/α-hetero) is 2. The van der Waals surface area contributed by atoms with Gasteiger partial charge in [0.1, 0.15) is 24.4 Å². The summed E-state index contributed by atoms with van der Waals surface area (Å²) in [5.41, 5.74) is 25.2. The van der Waals surface area contributed by atoms with Crippen LogP contribution in [-0.2, 0) is 38.4 Å². The molecule has 10 N–H and O–H groups in total. The van der Waals surface area contributed by atoms with Gasteiger partial charge in [-0.25, -0.2) is 31.8 Å². The minimum Gasteiger partial charge on any atom is -0.480 e. The van der Waals surface area contributed by atoms with Gasteiger partial charge in [-0.3, -0.25) is 28.8 Å². The zero-order chi connectivity index (χ0) is 91.9. The van der Waals surface area contributed by atoms with E-state index in [4.69, 9.17) is 35.9 Å². The average molecular weight is 1730 g/mol. The zero-order valence-corrected chi connectivity index (χ0v) is 71.7. The lowest BCUT2D eigenvalue weighted by atomic mass is 10.0. The lowest BCUT2D eigenvalue weighted by Crippen LogP contribution is -2.43. The molecule has 0 aliphatic carbocycles. The second-order valence-corrected chi connectivity index (χ2v) is 30.6. The fourth-order valence-electron chi connectivity index (χ4n) is 11.5. The number of ether oxygens (including phenoxy) is 4. The number of aromatic nitrogens is 3. The molecule has 0 saturated carbocycles. The summed E-state index contributed by atoms with van der Waals surface area (Å²) in [5, 5.41) is 44.4. The minimum atomic E-state index is -1.13. The predicted molar refractivity (Wildman–Crippen MR) is 470 cm³/mol. The molecule has 8 aromatic carbocycles. The molecule has 0 bridgehead atoms. The molecule has 32 nitrogen and oxygen atoms in total. The van der Waals surface area contributed by atoms with Gasteiger partial charge in [0.25, 0.3) is 23.6 Å². The van der Waals surface area contributed by atoms with E-state index in [-0.39, 0.29) is 92.3 Å². The van der Waals surface area contributed by atoms with Crippen LogP contribution in [0.1, 0.15) is 138 Å². The molecule has 0 spiro atoms. The standard InChI is InChI=1S/C45H52F2N10O6.C42H47F2N9O6.C3H5N/c1-45(2,3)63-44(61)50-21-7-6-11-39(51-43(60)31-9-8-10-36(25-31)57-27-34(26-48)54-55-57)40(58)28-62-41-37(46)23-29(24-38(41)47)20-22-49-42(59)30-12-14-32(15-13-30)52-53-33-16-18-35(19-17-33)56(4)5;1-42(2,3)59-41(57)47-21-7-6-11-36(48-40(56)29-9-8-10-32(25-29)51-52-45)37(54)26-58-38-34(43)23-27(24-35(38)44)20-22-46-39(55)28-12-14-30(15-13-28)49-50-31-16-18-33(19-17-31)53(4)5;1-2-3-4/h8-10,12-19,23-25,27,39H,6-7,11,20-22,26,28,48H2,1-5H3,(H,49,59)(H,50,61)(H,51,60);8-10,12-19,23-25,36H,6-7,11,20-22,26H2,1-5H3,(H,46,55)(H,47,57)(H,48,56);1H,3-4H2/t39-;36-;/m00./s1.